The minimum Gasteiger partial charge on any atom is -0.339 e. The molecular formula is C18H19BrN2O3S. The van der Waals surface area contributed by atoms with Crippen molar-refractivity contribution in [3.05, 3.63) is 64.6 Å². The highest BCUT2D eigenvalue weighted by atomic mass is 79.9. The largest absolute Gasteiger partial charge is 0.339 e. The molecule has 2 aromatic carbocycles. The van der Waals surface area contributed by atoms with Crippen LogP contribution >= 0.6 is 15.9 Å². The molecule has 2 aromatic rings. The minimum atomic E-state index is -3.51. The van der Waals surface area contributed by atoms with Crippen molar-refractivity contribution in [3.8, 4) is 0 Å². The fourth-order valence-corrected chi connectivity index (χ4v) is 4.45. The molecule has 5 nitrogen and oxygen atoms in total. The van der Waals surface area contributed by atoms with Crippen LogP contribution in [-0.4, -0.2) is 38.4 Å². The van der Waals surface area contributed by atoms with Crippen LogP contribution in [0.4, 0.5) is 0 Å². The molecule has 0 aromatic heterocycles. The molecule has 1 fully saturated rings. The highest BCUT2D eigenvalue weighted by Gasteiger charge is 2.27. The van der Waals surface area contributed by atoms with Crippen LogP contribution in [0.3, 0.4) is 0 Å². The van der Waals surface area contributed by atoms with E-state index in [1.165, 1.54) is 0 Å². The molecule has 1 N–H and O–H groups in total. The first-order valence-electron chi connectivity index (χ1n) is 8.08. The molecule has 0 bridgehead atoms. The zero-order valence-corrected chi connectivity index (χ0v) is 16.0. The fourth-order valence-electron chi connectivity index (χ4n) is 2.86. The number of piperidine rings is 1. The molecule has 1 saturated heterocycles. The van der Waals surface area contributed by atoms with Crippen LogP contribution in [0.2, 0.25) is 0 Å². The van der Waals surface area contributed by atoms with Crippen molar-refractivity contribution in [2.24, 2.45) is 0 Å². The van der Waals surface area contributed by atoms with E-state index in [0.717, 1.165) is 4.47 Å². The van der Waals surface area contributed by atoms with Crippen molar-refractivity contribution in [1.29, 1.82) is 0 Å². The van der Waals surface area contributed by atoms with Gasteiger partial charge in [-0.2, -0.15) is 0 Å². The number of carbonyl (C=O) groups excluding carboxylic acids is 1. The maximum atomic E-state index is 12.5. The van der Waals surface area contributed by atoms with E-state index in [2.05, 4.69) is 20.7 Å². The SMILES string of the molecule is O=C(c1ccc(Br)cc1)N1CCC(NS(=O)(=O)c2ccccc2)CC1. The zero-order valence-electron chi connectivity index (χ0n) is 13.6. The summed E-state index contributed by atoms with van der Waals surface area (Å²) in [6.45, 7) is 1.08. The Morgan fingerprint density at radius 2 is 1.60 bits per heavy atom. The van der Waals surface area contributed by atoms with Crippen LogP contribution < -0.4 is 4.72 Å². The van der Waals surface area contributed by atoms with Gasteiger partial charge in [0.2, 0.25) is 10.0 Å². The topological polar surface area (TPSA) is 66.5 Å². The Bertz CT molecular complexity index is 830. The lowest BCUT2D eigenvalue weighted by atomic mass is 10.0. The van der Waals surface area contributed by atoms with Gasteiger partial charge < -0.3 is 4.90 Å². The summed E-state index contributed by atoms with van der Waals surface area (Å²) < 4.78 is 28.4. The van der Waals surface area contributed by atoms with Crippen LogP contribution in [-0.2, 0) is 10.0 Å². The molecule has 0 unspecified atom stereocenters. The maximum Gasteiger partial charge on any atom is 0.253 e. The van der Waals surface area contributed by atoms with Crippen molar-refractivity contribution in [1.82, 2.24) is 9.62 Å². The molecule has 0 aliphatic carbocycles. The summed E-state index contributed by atoms with van der Waals surface area (Å²) in [6, 6.07) is 15.4. The van der Waals surface area contributed by atoms with Crippen molar-refractivity contribution < 1.29 is 13.2 Å². The Morgan fingerprint density at radius 1 is 1.00 bits per heavy atom. The second kappa shape index (κ2) is 7.68. The Hall–Kier alpha value is -1.70. The molecule has 1 heterocycles. The summed E-state index contributed by atoms with van der Waals surface area (Å²) in [7, 11) is -3.51. The summed E-state index contributed by atoms with van der Waals surface area (Å²) in [5.74, 6) is -0.0168. The number of halogens is 1. The van der Waals surface area contributed by atoms with Gasteiger partial charge in [-0.1, -0.05) is 34.1 Å². The number of sulfonamides is 1. The van der Waals surface area contributed by atoms with Gasteiger partial charge in [-0.05, 0) is 49.2 Å². The first-order chi connectivity index (χ1) is 12.0. The van der Waals surface area contributed by atoms with Gasteiger partial charge in [-0.3, -0.25) is 4.79 Å². The first-order valence-corrected chi connectivity index (χ1v) is 10.4. The van der Waals surface area contributed by atoms with E-state index in [4.69, 9.17) is 0 Å². The van der Waals surface area contributed by atoms with Gasteiger partial charge in [0.05, 0.1) is 4.90 Å². The van der Waals surface area contributed by atoms with Gasteiger partial charge in [0, 0.05) is 29.2 Å². The molecule has 132 valence electrons. The van der Waals surface area contributed by atoms with Crippen molar-refractivity contribution in [3.63, 3.8) is 0 Å². The molecule has 0 spiro atoms. The van der Waals surface area contributed by atoms with Crippen molar-refractivity contribution in [2.45, 2.75) is 23.8 Å². The van der Waals surface area contributed by atoms with Gasteiger partial charge in [0.25, 0.3) is 5.91 Å². The molecule has 0 saturated carbocycles. The van der Waals surface area contributed by atoms with Crippen LogP contribution in [0.1, 0.15) is 23.2 Å². The van der Waals surface area contributed by atoms with Gasteiger partial charge in [0.15, 0.2) is 0 Å². The Labute approximate surface area is 156 Å². The second-order valence-corrected chi connectivity index (χ2v) is 8.64. The Morgan fingerprint density at radius 3 is 2.20 bits per heavy atom. The average Bonchev–Trinajstić information content (AvgIpc) is 2.63. The molecule has 1 amide bonds. The van der Waals surface area contributed by atoms with Crippen molar-refractivity contribution >= 4 is 31.9 Å². The number of amides is 1. The third-order valence-electron chi connectivity index (χ3n) is 4.25. The van der Waals surface area contributed by atoms with Gasteiger partial charge >= 0.3 is 0 Å². The lowest BCUT2D eigenvalue weighted by Crippen LogP contribution is -2.46. The number of nitrogens with zero attached hydrogens (tertiary/aromatic N) is 1. The van der Waals surface area contributed by atoms with E-state index in [1.807, 2.05) is 12.1 Å². The Balaban J connectivity index is 1.58. The molecule has 1 aliphatic rings. The molecule has 3 rings (SSSR count). The zero-order chi connectivity index (χ0) is 17.9. The van der Waals surface area contributed by atoms with Gasteiger partial charge in [-0.25, -0.2) is 13.1 Å². The summed E-state index contributed by atoms with van der Waals surface area (Å²) >= 11 is 3.36. The molecule has 1 aliphatic heterocycles. The van der Waals surface area contributed by atoms with Gasteiger partial charge in [-0.15, -0.1) is 0 Å². The van der Waals surface area contributed by atoms with E-state index >= 15 is 0 Å². The Kier molecular flexibility index (Phi) is 5.56. The fraction of sp³-hybridized carbons (Fsp3) is 0.278. The van der Waals surface area contributed by atoms with E-state index < -0.39 is 10.0 Å². The maximum absolute atomic E-state index is 12.5. The van der Waals surface area contributed by atoms with E-state index in [1.54, 1.807) is 47.4 Å². The first kappa shape index (κ1) is 18.1. The van der Waals surface area contributed by atoms with Crippen LogP contribution in [0.5, 0.6) is 0 Å². The predicted octanol–water partition coefficient (Wildman–Crippen LogP) is 3.03. The molecule has 0 radical (unpaired) electrons. The second-order valence-electron chi connectivity index (χ2n) is 6.01. The lowest BCUT2D eigenvalue weighted by Gasteiger charge is -2.32. The standard InChI is InChI=1S/C18H19BrN2O3S/c19-15-8-6-14(7-9-15)18(22)21-12-10-16(11-13-21)20-25(23,24)17-4-2-1-3-5-17/h1-9,16,20H,10-13H2. The number of nitrogens with one attached hydrogen (secondary N) is 1. The lowest BCUT2D eigenvalue weighted by molar-refractivity contribution is 0.0711. The number of hydrogen-bond acceptors (Lipinski definition) is 3. The monoisotopic (exact) mass is 422 g/mol. The number of rotatable bonds is 4. The van der Waals surface area contributed by atoms with E-state index in [-0.39, 0.29) is 16.8 Å². The number of benzene rings is 2. The number of carbonyl (C=O) groups is 1. The molecular weight excluding hydrogens is 404 g/mol. The molecule has 25 heavy (non-hydrogen) atoms. The van der Waals surface area contributed by atoms with Crippen LogP contribution in [0.25, 0.3) is 0 Å². The van der Waals surface area contributed by atoms with Gasteiger partial charge in [0.1, 0.15) is 0 Å². The smallest absolute Gasteiger partial charge is 0.253 e. The highest BCUT2D eigenvalue weighted by molar-refractivity contribution is 9.10. The minimum absolute atomic E-state index is 0.0168. The normalized spacial score (nSPS) is 16.0. The molecule has 7 heteroatoms. The van der Waals surface area contributed by atoms with Crippen LogP contribution in [0, 0.1) is 0 Å². The third kappa shape index (κ3) is 4.48. The summed E-state index contributed by atoms with van der Waals surface area (Å²) in [5, 5.41) is 0. The highest BCUT2D eigenvalue weighted by Crippen LogP contribution is 2.18. The van der Waals surface area contributed by atoms with Crippen LogP contribution in [0.15, 0.2) is 64.0 Å². The quantitative estimate of drug-likeness (QED) is 0.822. The number of likely N-dealkylation sites (tertiary alicyclic amines) is 1. The predicted molar refractivity (Wildman–Crippen MR) is 99.8 cm³/mol. The third-order valence-corrected chi connectivity index (χ3v) is 6.31. The summed E-state index contributed by atoms with van der Waals surface area (Å²) in [6.07, 6.45) is 1.21. The van der Waals surface area contributed by atoms with E-state index in [0.29, 0.717) is 31.5 Å². The van der Waals surface area contributed by atoms with Crippen molar-refractivity contribution in [2.75, 3.05) is 13.1 Å². The van der Waals surface area contributed by atoms with E-state index in [9.17, 15) is 13.2 Å². The molecule has 0 atom stereocenters. The summed E-state index contributed by atoms with van der Waals surface area (Å²) in [4.78, 5) is 14.5. The number of hydrogen-bond donors (Lipinski definition) is 1. The average molecular weight is 423 g/mol. The summed E-state index contributed by atoms with van der Waals surface area (Å²) in [5.41, 5.74) is 0.645.